The second-order valence-electron chi connectivity index (χ2n) is 6.75. The lowest BCUT2D eigenvalue weighted by Crippen LogP contribution is -2.11. The third-order valence-electron chi connectivity index (χ3n) is 4.79. The molecular weight excluding hydrogens is 386 g/mol. The van der Waals surface area contributed by atoms with Crippen LogP contribution in [0.4, 0.5) is 5.69 Å². The number of nitrogens with one attached hydrogen (secondary N) is 1. The van der Waals surface area contributed by atoms with E-state index in [1.807, 2.05) is 31.2 Å². The van der Waals surface area contributed by atoms with Gasteiger partial charge in [0.25, 0.3) is 5.91 Å². The number of hydrogen-bond acceptors (Lipinski definition) is 3. The van der Waals surface area contributed by atoms with Gasteiger partial charge < -0.3 is 14.5 Å². The minimum absolute atomic E-state index is 0.281. The Morgan fingerprint density at radius 3 is 2.55 bits per heavy atom. The van der Waals surface area contributed by atoms with Crippen LogP contribution in [0.3, 0.4) is 0 Å². The molecule has 0 radical (unpaired) electrons. The summed E-state index contributed by atoms with van der Waals surface area (Å²) in [5.74, 6) is 1.25. The first-order chi connectivity index (χ1) is 14.0. The third-order valence-corrected chi connectivity index (χ3v) is 5.10. The van der Waals surface area contributed by atoms with Crippen molar-refractivity contribution < 1.29 is 13.9 Å². The van der Waals surface area contributed by atoms with Crippen LogP contribution in [0.2, 0.25) is 5.02 Å². The SMILES string of the molecule is CCc1ccc2oc(C(=O)Nc3ccc(Oc4ccccc4Cl)cc3)c(C)c2c1. The highest BCUT2D eigenvalue weighted by Crippen LogP contribution is 2.30. The first kappa shape index (κ1) is 19.1. The molecule has 0 unspecified atom stereocenters. The summed E-state index contributed by atoms with van der Waals surface area (Å²) in [4.78, 5) is 12.7. The lowest BCUT2D eigenvalue weighted by molar-refractivity contribution is 0.0998. The molecule has 0 spiro atoms. The van der Waals surface area contributed by atoms with Crippen molar-refractivity contribution in [3.8, 4) is 11.5 Å². The van der Waals surface area contributed by atoms with Crippen molar-refractivity contribution in [1.82, 2.24) is 0 Å². The average molecular weight is 406 g/mol. The number of furan rings is 1. The fraction of sp³-hybridized carbons (Fsp3) is 0.125. The summed E-state index contributed by atoms with van der Waals surface area (Å²) in [6.07, 6.45) is 0.935. The second-order valence-corrected chi connectivity index (χ2v) is 7.16. The Morgan fingerprint density at radius 1 is 1.07 bits per heavy atom. The maximum absolute atomic E-state index is 12.7. The van der Waals surface area contributed by atoms with Gasteiger partial charge in [-0.15, -0.1) is 0 Å². The Morgan fingerprint density at radius 2 is 1.83 bits per heavy atom. The predicted molar refractivity (Wildman–Crippen MR) is 116 cm³/mol. The number of para-hydroxylation sites is 1. The highest BCUT2D eigenvalue weighted by Gasteiger charge is 2.18. The maximum atomic E-state index is 12.7. The van der Waals surface area contributed by atoms with Crippen molar-refractivity contribution >= 4 is 34.2 Å². The fourth-order valence-electron chi connectivity index (χ4n) is 3.15. The van der Waals surface area contributed by atoms with Crippen molar-refractivity contribution in [2.45, 2.75) is 20.3 Å². The summed E-state index contributed by atoms with van der Waals surface area (Å²) in [6, 6.07) is 20.4. The molecule has 1 amide bonds. The molecular formula is C24H20ClNO3. The number of fused-ring (bicyclic) bond motifs is 1. The number of halogens is 1. The average Bonchev–Trinajstić information content (AvgIpc) is 3.07. The summed E-state index contributed by atoms with van der Waals surface area (Å²) in [5, 5.41) is 4.39. The number of anilines is 1. The molecule has 4 rings (SSSR count). The zero-order valence-corrected chi connectivity index (χ0v) is 16.9. The lowest BCUT2D eigenvalue weighted by Gasteiger charge is -2.09. The molecule has 146 valence electrons. The van der Waals surface area contributed by atoms with Gasteiger partial charge in [-0.05, 0) is 67.4 Å². The molecule has 4 nitrogen and oxygen atoms in total. The Balaban J connectivity index is 1.51. The molecule has 0 saturated heterocycles. The van der Waals surface area contributed by atoms with Gasteiger partial charge in [-0.3, -0.25) is 4.79 Å². The summed E-state index contributed by atoms with van der Waals surface area (Å²) in [7, 11) is 0. The van der Waals surface area contributed by atoms with E-state index >= 15 is 0 Å². The number of carbonyl (C=O) groups excluding carboxylic acids is 1. The Labute approximate surface area is 174 Å². The first-order valence-electron chi connectivity index (χ1n) is 9.41. The van der Waals surface area contributed by atoms with Crippen LogP contribution in [-0.2, 0) is 6.42 Å². The minimum Gasteiger partial charge on any atom is -0.456 e. The van der Waals surface area contributed by atoms with Gasteiger partial charge in [-0.2, -0.15) is 0 Å². The second kappa shape index (κ2) is 8.02. The van der Waals surface area contributed by atoms with Gasteiger partial charge in [0.05, 0.1) is 5.02 Å². The van der Waals surface area contributed by atoms with E-state index in [4.69, 9.17) is 20.8 Å². The first-order valence-corrected chi connectivity index (χ1v) is 9.78. The molecule has 0 fully saturated rings. The zero-order chi connectivity index (χ0) is 20.4. The van der Waals surface area contributed by atoms with Crippen LogP contribution in [0, 0.1) is 6.92 Å². The number of amides is 1. The molecule has 1 N–H and O–H groups in total. The monoisotopic (exact) mass is 405 g/mol. The molecule has 0 aliphatic carbocycles. The predicted octanol–water partition coefficient (Wildman–Crippen LogP) is 7.00. The molecule has 0 atom stereocenters. The van der Waals surface area contributed by atoms with E-state index in [2.05, 4.69) is 18.3 Å². The van der Waals surface area contributed by atoms with E-state index in [0.29, 0.717) is 33.6 Å². The summed E-state index contributed by atoms with van der Waals surface area (Å²) >= 11 is 6.12. The van der Waals surface area contributed by atoms with Gasteiger partial charge in [0.2, 0.25) is 0 Å². The van der Waals surface area contributed by atoms with Crippen LogP contribution < -0.4 is 10.1 Å². The Hall–Kier alpha value is -3.24. The number of aryl methyl sites for hydroxylation is 2. The highest BCUT2D eigenvalue weighted by molar-refractivity contribution is 6.32. The van der Waals surface area contributed by atoms with Crippen molar-refractivity contribution in [1.29, 1.82) is 0 Å². The summed E-state index contributed by atoms with van der Waals surface area (Å²) in [5.41, 5.74) is 3.41. The lowest BCUT2D eigenvalue weighted by atomic mass is 10.1. The van der Waals surface area contributed by atoms with Crippen molar-refractivity contribution in [3.05, 3.63) is 88.6 Å². The smallest absolute Gasteiger partial charge is 0.291 e. The molecule has 0 saturated carbocycles. The molecule has 0 aliphatic heterocycles. The number of carbonyl (C=O) groups is 1. The summed E-state index contributed by atoms with van der Waals surface area (Å²) in [6.45, 7) is 4.00. The van der Waals surface area contributed by atoms with Crippen molar-refractivity contribution in [2.75, 3.05) is 5.32 Å². The van der Waals surface area contributed by atoms with Crippen LogP contribution in [-0.4, -0.2) is 5.91 Å². The fourth-order valence-corrected chi connectivity index (χ4v) is 3.33. The molecule has 29 heavy (non-hydrogen) atoms. The summed E-state index contributed by atoms with van der Waals surface area (Å²) < 4.78 is 11.6. The highest BCUT2D eigenvalue weighted by atomic mass is 35.5. The van der Waals surface area contributed by atoms with Crippen LogP contribution in [0.25, 0.3) is 11.0 Å². The third kappa shape index (κ3) is 3.98. The van der Waals surface area contributed by atoms with E-state index in [0.717, 1.165) is 17.4 Å². The number of rotatable bonds is 5. The molecule has 3 aromatic carbocycles. The Kier molecular flexibility index (Phi) is 5.28. The number of ether oxygens (including phenoxy) is 1. The molecule has 0 bridgehead atoms. The van der Waals surface area contributed by atoms with E-state index in [9.17, 15) is 4.79 Å². The van der Waals surface area contributed by atoms with E-state index in [1.54, 1.807) is 36.4 Å². The van der Waals surface area contributed by atoms with Crippen LogP contribution >= 0.6 is 11.6 Å². The molecule has 0 aliphatic rings. The molecule has 4 aromatic rings. The van der Waals surface area contributed by atoms with Crippen molar-refractivity contribution in [2.24, 2.45) is 0 Å². The maximum Gasteiger partial charge on any atom is 0.291 e. The number of hydrogen-bond donors (Lipinski definition) is 1. The van der Waals surface area contributed by atoms with E-state index in [-0.39, 0.29) is 5.91 Å². The van der Waals surface area contributed by atoms with E-state index in [1.165, 1.54) is 5.56 Å². The molecule has 1 aromatic heterocycles. The van der Waals surface area contributed by atoms with Gasteiger partial charge in [0.15, 0.2) is 5.76 Å². The zero-order valence-electron chi connectivity index (χ0n) is 16.2. The molecule has 5 heteroatoms. The largest absolute Gasteiger partial charge is 0.456 e. The number of benzene rings is 3. The van der Waals surface area contributed by atoms with Gasteiger partial charge >= 0.3 is 0 Å². The van der Waals surface area contributed by atoms with Gasteiger partial charge in [-0.25, -0.2) is 0 Å². The van der Waals surface area contributed by atoms with Crippen molar-refractivity contribution in [3.63, 3.8) is 0 Å². The van der Waals surface area contributed by atoms with Crippen LogP contribution in [0.5, 0.6) is 11.5 Å². The van der Waals surface area contributed by atoms with Gasteiger partial charge in [0.1, 0.15) is 17.1 Å². The Bertz CT molecular complexity index is 1180. The van der Waals surface area contributed by atoms with E-state index < -0.39 is 0 Å². The van der Waals surface area contributed by atoms with Crippen LogP contribution in [0.15, 0.2) is 71.1 Å². The topological polar surface area (TPSA) is 51.5 Å². The normalized spacial score (nSPS) is 10.9. The minimum atomic E-state index is -0.281. The van der Waals surface area contributed by atoms with Crippen LogP contribution in [0.1, 0.15) is 28.6 Å². The quantitative estimate of drug-likeness (QED) is 0.388. The van der Waals surface area contributed by atoms with Gasteiger partial charge in [-0.1, -0.05) is 36.7 Å². The molecule has 1 heterocycles. The van der Waals surface area contributed by atoms with Gasteiger partial charge in [0, 0.05) is 16.6 Å². The standard InChI is InChI=1S/C24H20ClNO3/c1-3-16-8-13-21-19(14-16)15(2)23(29-21)24(27)26-17-9-11-18(12-10-17)28-22-7-5-4-6-20(22)25/h4-14H,3H2,1-2H3,(H,26,27).